The summed E-state index contributed by atoms with van der Waals surface area (Å²) in [6, 6.07) is 0. The van der Waals surface area contributed by atoms with Crippen molar-refractivity contribution in [3.8, 4) is 0 Å². The van der Waals surface area contributed by atoms with E-state index in [1.165, 1.54) is 9.58 Å². The smallest absolute Gasteiger partial charge is 0.275 e. The minimum Gasteiger partial charge on any atom is -0.394 e. The van der Waals surface area contributed by atoms with Crippen molar-refractivity contribution >= 4 is 5.91 Å². The highest BCUT2D eigenvalue weighted by Gasteiger charge is 2.15. The van der Waals surface area contributed by atoms with E-state index >= 15 is 0 Å². The first-order chi connectivity index (χ1) is 8.69. The lowest BCUT2D eigenvalue weighted by atomic mass is 10.4. The van der Waals surface area contributed by atoms with Crippen LogP contribution in [-0.2, 0) is 11.3 Å². The number of ether oxygens (including phenoxy) is 1. The molecule has 0 aliphatic carbocycles. The standard InChI is InChI=1S/C10H19N5O3/c1-14(4-6-18-7-5-16)10(17)9-8-15(3-2-11)13-12-9/h8,16H,2-7,11H2,1H3. The van der Waals surface area contributed by atoms with Gasteiger partial charge in [0.2, 0.25) is 0 Å². The molecule has 1 aromatic rings. The number of carbonyl (C=O) groups is 1. The summed E-state index contributed by atoms with van der Waals surface area (Å²) in [6.45, 7) is 2.04. The Hall–Kier alpha value is -1.51. The molecule has 0 aliphatic rings. The van der Waals surface area contributed by atoms with Crippen molar-refractivity contribution < 1.29 is 14.6 Å². The van der Waals surface area contributed by atoms with Crippen molar-refractivity contribution in [3.05, 3.63) is 11.9 Å². The highest BCUT2D eigenvalue weighted by atomic mass is 16.5. The van der Waals surface area contributed by atoms with E-state index in [2.05, 4.69) is 10.3 Å². The van der Waals surface area contributed by atoms with E-state index in [0.717, 1.165) is 0 Å². The Kier molecular flexibility index (Phi) is 6.26. The van der Waals surface area contributed by atoms with Crippen LogP contribution < -0.4 is 5.73 Å². The van der Waals surface area contributed by atoms with E-state index in [1.807, 2.05) is 0 Å². The second kappa shape index (κ2) is 7.75. The number of likely N-dealkylation sites (N-methyl/N-ethyl adjacent to an activating group) is 1. The molecule has 1 rings (SSSR count). The fourth-order valence-corrected chi connectivity index (χ4v) is 1.30. The van der Waals surface area contributed by atoms with Crippen LogP contribution in [0.4, 0.5) is 0 Å². The van der Waals surface area contributed by atoms with E-state index in [4.69, 9.17) is 15.6 Å². The lowest BCUT2D eigenvalue weighted by Gasteiger charge is -2.15. The van der Waals surface area contributed by atoms with Crippen LogP contribution in [0.3, 0.4) is 0 Å². The maximum absolute atomic E-state index is 11.9. The van der Waals surface area contributed by atoms with Gasteiger partial charge in [0.05, 0.1) is 32.6 Å². The van der Waals surface area contributed by atoms with E-state index < -0.39 is 0 Å². The van der Waals surface area contributed by atoms with Crippen molar-refractivity contribution in [1.29, 1.82) is 0 Å². The van der Waals surface area contributed by atoms with E-state index in [9.17, 15) is 4.79 Å². The van der Waals surface area contributed by atoms with Gasteiger partial charge >= 0.3 is 0 Å². The van der Waals surface area contributed by atoms with Gasteiger partial charge in [0.15, 0.2) is 5.69 Å². The maximum atomic E-state index is 11.9. The number of amides is 1. The van der Waals surface area contributed by atoms with Crippen LogP contribution in [0.15, 0.2) is 6.20 Å². The van der Waals surface area contributed by atoms with Crippen LogP contribution >= 0.6 is 0 Å². The molecule has 0 radical (unpaired) electrons. The number of nitrogens with two attached hydrogens (primary N) is 1. The van der Waals surface area contributed by atoms with Crippen LogP contribution in [0.2, 0.25) is 0 Å². The first-order valence-corrected chi connectivity index (χ1v) is 5.73. The van der Waals surface area contributed by atoms with Crippen LogP contribution in [0.1, 0.15) is 10.5 Å². The predicted octanol–water partition coefficient (Wildman–Crippen LogP) is -1.68. The molecular formula is C10H19N5O3. The Labute approximate surface area is 105 Å². The normalized spacial score (nSPS) is 10.6. The van der Waals surface area contributed by atoms with Gasteiger partial charge in [0.1, 0.15) is 0 Å². The molecular weight excluding hydrogens is 238 g/mol. The number of aromatic nitrogens is 3. The molecule has 102 valence electrons. The van der Waals surface area contributed by atoms with Crippen molar-refractivity contribution in [2.45, 2.75) is 6.54 Å². The summed E-state index contributed by atoms with van der Waals surface area (Å²) in [5.74, 6) is -0.217. The number of nitrogens with zero attached hydrogens (tertiary/aromatic N) is 4. The zero-order valence-corrected chi connectivity index (χ0v) is 10.4. The van der Waals surface area contributed by atoms with Crippen molar-refractivity contribution in [1.82, 2.24) is 19.9 Å². The number of hydrogen-bond acceptors (Lipinski definition) is 6. The summed E-state index contributed by atoms with van der Waals surface area (Å²) in [7, 11) is 1.66. The molecule has 0 spiro atoms. The molecule has 3 N–H and O–H groups in total. The molecule has 0 aliphatic heterocycles. The number of aliphatic hydroxyl groups is 1. The van der Waals surface area contributed by atoms with Gasteiger partial charge in [-0.1, -0.05) is 5.21 Å². The van der Waals surface area contributed by atoms with Crippen LogP contribution in [0.5, 0.6) is 0 Å². The van der Waals surface area contributed by atoms with Gasteiger partial charge in [-0.15, -0.1) is 5.10 Å². The molecule has 1 amide bonds. The minimum absolute atomic E-state index is 0.0227. The zero-order chi connectivity index (χ0) is 13.4. The predicted molar refractivity (Wildman–Crippen MR) is 63.9 cm³/mol. The Morgan fingerprint density at radius 3 is 3.06 bits per heavy atom. The summed E-state index contributed by atoms with van der Waals surface area (Å²) in [6.07, 6.45) is 1.57. The van der Waals surface area contributed by atoms with Crippen molar-refractivity contribution in [3.63, 3.8) is 0 Å². The largest absolute Gasteiger partial charge is 0.394 e. The summed E-state index contributed by atoms with van der Waals surface area (Å²) in [5.41, 5.74) is 5.66. The summed E-state index contributed by atoms with van der Waals surface area (Å²) < 4.78 is 6.61. The Balaban J connectivity index is 2.41. The first-order valence-electron chi connectivity index (χ1n) is 5.73. The topological polar surface area (TPSA) is 106 Å². The molecule has 1 heterocycles. The van der Waals surface area contributed by atoms with Gasteiger partial charge in [-0.3, -0.25) is 9.48 Å². The minimum atomic E-state index is -0.217. The summed E-state index contributed by atoms with van der Waals surface area (Å²) >= 11 is 0. The van der Waals surface area contributed by atoms with Gasteiger partial charge in [-0.05, 0) is 0 Å². The van der Waals surface area contributed by atoms with Crippen molar-refractivity contribution in [2.75, 3.05) is 40.0 Å². The van der Waals surface area contributed by atoms with Gasteiger partial charge in [0.25, 0.3) is 5.91 Å². The fraction of sp³-hybridized carbons (Fsp3) is 0.700. The molecule has 1 aromatic heterocycles. The van der Waals surface area contributed by atoms with E-state index in [-0.39, 0.29) is 24.8 Å². The average Bonchev–Trinajstić information content (AvgIpc) is 2.82. The van der Waals surface area contributed by atoms with Gasteiger partial charge in [-0.2, -0.15) is 0 Å². The molecule has 0 bridgehead atoms. The third kappa shape index (κ3) is 4.40. The SMILES string of the molecule is CN(CCOCCO)C(=O)c1cn(CCN)nn1. The van der Waals surface area contributed by atoms with Crippen LogP contribution in [0.25, 0.3) is 0 Å². The lowest BCUT2D eigenvalue weighted by Crippen LogP contribution is -2.30. The number of hydrogen-bond donors (Lipinski definition) is 2. The van der Waals surface area contributed by atoms with Crippen LogP contribution in [0, 0.1) is 0 Å². The van der Waals surface area contributed by atoms with Gasteiger partial charge in [0, 0.05) is 20.1 Å². The Morgan fingerprint density at radius 2 is 2.39 bits per heavy atom. The Bertz CT molecular complexity index is 368. The fourth-order valence-electron chi connectivity index (χ4n) is 1.30. The molecule has 0 unspecified atom stereocenters. The summed E-state index contributed by atoms with van der Waals surface area (Å²) in [4.78, 5) is 13.4. The van der Waals surface area contributed by atoms with Gasteiger partial charge in [-0.25, -0.2) is 0 Å². The highest BCUT2D eigenvalue weighted by molar-refractivity contribution is 5.91. The molecule has 8 nitrogen and oxygen atoms in total. The first kappa shape index (κ1) is 14.6. The molecule has 0 atom stereocenters. The van der Waals surface area contributed by atoms with E-state index in [1.54, 1.807) is 13.2 Å². The number of aliphatic hydroxyl groups excluding tert-OH is 1. The maximum Gasteiger partial charge on any atom is 0.275 e. The monoisotopic (exact) mass is 257 g/mol. The quantitative estimate of drug-likeness (QED) is 0.539. The third-order valence-electron chi connectivity index (χ3n) is 2.27. The van der Waals surface area contributed by atoms with Crippen LogP contribution in [-0.4, -0.2) is 70.9 Å². The zero-order valence-electron chi connectivity index (χ0n) is 10.4. The van der Waals surface area contributed by atoms with Crippen molar-refractivity contribution in [2.24, 2.45) is 5.73 Å². The second-order valence-corrected chi connectivity index (χ2v) is 3.72. The van der Waals surface area contributed by atoms with Gasteiger partial charge < -0.3 is 20.5 Å². The molecule has 0 fully saturated rings. The number of rotatable bonds is 8. The molecule has 18 heavy (non-hydrogen) atoms. The highest BCUT2D eigenvalue weighted by Crippen LogP contribution is 1.98. The average molecular weight is 257 g/mol. The summed E-state index contributed by atoms with van der Waals surface area (Å²) in [5, 5.41) is 16.1. The molecule has 8 heteroatoms. The Morgan fingerprint density at radius 1 is 1.61 bits per heavy atom. The van der Waals surface area contributed by atoms with E-state index in [0.29, 0.717) is 26.2 Å². The molecule has 0 saturated heterocycles. The lowest BCUT2D eigenvalue weighted by molar-refractivity contribution is 0.0614. The molecule has 0 aromatic carbocycles. The second-order valence-electron chi connectivity index (χ2n) is 3.72. The third-order valence-corrected chi connectivity index (χ3v) is 2.27. The molecule has 0 saturated carbocycles. The number of carbonyl (C=O) groups excluding carboxylic acids is 1.